The van der Waals surface area contributed by atoms with Gasteiger partial charge in [-0.3, -0.25) is 10.1 Å². The summed E-state index contributed by atoms with van der Waals surface area (Å²) in [5.41, 5.74) is -0.607. The van der Waals surface area contributed by atoms with E-state index in [2.05, 4.69) is 35.3 Å². The number of amides is 1. The van der Waals surface area contributed by atoms with Crippen LogP contribution in [0.2, 0.25) is 0 Å². The molecule has 15 heteroatoms. The van der Waals surface area contributed by atoms with E-state index in [9.17, 15) is 32.6 Å². The van der Waals surface area contributed by atoms with E-state index in [1.165, 1.54) is 18.5 Å². The highest BCUT2D eigenvalue weighted by Crippen LogP contribution is 2.34. The van der Waals surface area contributed by atoms with E-state index in [0.717, 1.165) is 17.6 Å². The molecule has 0 spiro atoms. The molecule has 4 aromatic rings. The topological polar surface area (TPSA) is 145 Å². The molecule has 5 N–H and O–H groups in total. The van der Waals surface area contributed by atoms with E-state index >= 15 is 0 Å². The number of benzene rings is 2. The van der Waals surface area contributed by atoms with Crippen molar-refractivity contribution >= 4 is 39.9 Å². The lowest BCUT2D eigenvalue weighted by molar-refractivity contribution is -0.139. The lowest BCUT2D eigenvalue weighted by Crippen LogP contribution is -2.28. The van der Waals surface area contributed by atoms with Gasteiger partial charge in [-0.05, 0) is 42.5 Å². The van der Waals surface area contributed by atoms with E-state index in [1.54, 1.807) is 18.2 Å². The SMILES string of the molecule is O=C(Nc1nc(-c2ccc(F)c(C(F)(F)F)c2)ns1)c1ccc(Nc2cc(NC(CO)CO)ncn2)cc1. The monoisotopic (exact) mass is 549 g/mol. The van der Waals surface area contributed by atoms with E-state index in [4.69, 9.17) is 0 Å². The Hall–Kier alpha value is -4.21. The zero-order valence-electron chi connectivity index (χ0n) is 19.2. The molecule has 4 rings (SSSR count). The van der Waals surface area contributed by atoms with Crippen molar-refractivity contribution in [1.82, 2.24) is 19.3 Å². The molecule has 0 fully saturated rings. The highest BCUT2D eigenvalue weighted by Gasteiger charge is 2.34. The van der Waals surface area contributed by atoms with Crippen molar-refractivity contribution in [2.24, 2.45) is 0 Å². The van der Waals surface area contributed by atoms with Crippen molar-refractivity contribution in [3.05, 3.63) is 71.8 Å². The molecule has 0 aliphatic heterocycles. The molecular formula is C23H19F4N7O3S. The predicted octanol–water partition coefficient (Wildman–Crippen LogP) is 3.91. The van der Waals surface area contributed by atoms with Crippen LogP contribution in [0.25, 0.3) is 11.4 Å². The molecule has 0 unspecified atom stereocenters. The third-order valence-corrected chi connectivity index (χ3v) is 5.69. The summed E-state index contributed by atoms with van der Waals surface area (Å²) < 4.78 is 56.4. The average molecular weight is 550 g/mol. The lowest BCUT2D eigenvalue weighted by Gasteiger charge is -2.14. The Morgan fingerprint density at radius 1 is 1.00 bits per heavy atom. The molecule has 38 heavy (non-hydrogen) atoms. The van der Waals surface area contributed by atoms with Crippen molar-refractivity contribution < 1.29 is 32.6 Å². The summed E-state index contributed by atoms with van der Waals surface area (Å²) in [4.78, 5) is 24.8. The molecule has 2 aromatic carbocycles. The van der Waals surface area contributed by atoms with Crippen LogP contribution in [0.15, 0.2) is 54.9 Å². The summed E-state index contributed by atoms with van der Waals surface area (Å²) in [6, 6.07) is 9.73. The number of carbonyl (C=O) groups excluding carboxylic acids is 1. The van der Waals surface area contributed by atoms with Crippen molar-refractivity contribution in [3.63, 3.8) is 0 Å². The summed E-state index contributed by atoms with van der Waals surface area (Å²) in [6.07, 6.45) is -3.58. The zero-order valence-corrected chi connectivity index (χ0v) is 20.0. The number of carbonyl (C=O) groups is 1. The smallest absolute Gasteiger partial charge is 0.394 e. The number of alkyl halides is 3. The van der Waals surface area contributed by atoms with Gasteiger partial charge >= 0.3 is 6.18 Å². The Morgan fingerprint density at radius 2 is 1.71 bits per heavy atom. The molecule has 1 amide bonds. The van der Waals surface area contributed by atoms with Gasteiger partial charge in [0.25, 0.3) is 5.91 Å². The zero-order chi connectivity index (χ0) is 27.3. The fourth-order valence-electron chi connectivity index (χ4n) is 3.16. The minimum absolute atomic E-state index is 0.0442. The van der Waals surface area contributed by atoms with Gasteiger partial charge in [-0.15, -0.1) is 0 Å². The van der Waals surface area contributed by atoms with Gasteiger partial charge in [-0.25, -0.2) is 14.4 Å². The van der Waals surface area contributed by atoms with Gasteiger partial charge in [0.15, 0.2) is 5.82 Å². The van der Waals surface area contributed by atoms with Crippen LogP contribution in [0.4, 0.5) is 40.0 Å². The summed E-state index contributed by atoms with van der Waals surface area (Å²) >= 11 is 0.767. The average Bonchev–Trinajstić information content (AvgIpc) is 3.36. The summed E-state index contributed by atoms with van der Waals surface area (Å²) in [5.74, 6) is -1.21. The summed E-state index contributed by atoms with van der Waals surface area (Å²) in [5, 5.41) is 26.8. The Kier molecular flexibility index (Phi) is 8.09. The molecular weight excluding hydrogens is 530 g/mol. The molecule has 0 saturated heterocycles. The minimum Gasteiger partial charge on any atom is -0.394 e. The van der Waals surface area contributed by atoms with Crippen LogP contribution in [-0.4, -0.2) is 54.7 Å². The number of anilines is 4. The largest absolute Gasteiger partial charge is 0.419 e. The molecule has 0 bridgehead atoms. The highest BCUT2D eigenvalue weighted by molar-refractivity contribution is 7.10. The predicted molar refractivity (Wildman–Crippen MR) is 132 cm³/mol. The Bertz CT molecular complexity index is 1410. The second-order valence-electron chi connectivity index (χ2n) is 7.77. The van der Waals surface area contributed by atoms with Crippen LogP contribution in [0.5, 0.6) is 0 Å². The van der Waals surface area contributed by atoms with Gasteiger partial charge in [-0.2, -0.15) is 22.5 Å². The van der Waals surface area contributed by atoms with Crippen molar-refractivity contribution in [1.29, 1.82) is 0 Å². The number of rotatable bonds is 9. The second kappa shape index (κ2) is 11.5. The third-order valence-electron chi connectivity index (χ3n) is 5.06. The first-order chi connectivity index (χ1) is 18.2. The Morgan fingerprint density at radius 3 is 2.39 bits per heavy atom. The van der Waals surface area contributed by atoms with Crippen LogP contribution < -0.4 is 16.0 Å². The molecule has 198 valence electrons. The van der Waals surface area contributed by atoms with Gasteiger partial charge in [-0.1, -0.05) is 0 Å². The van der Waals surface area contributed by atoms with Crippen molar-refractivity contribution in [3.8, 4) is 11.4 Å². The summed E-state index contributed by atoms with van der Waals surface area (Å²) in [6.45, 7) is -0.563. The molecule has 10 nitrogen and oxygen atoms in total. The number of aromatic nitrogens is 4. The van der Waals surface area contributed by atoms with E-state index in [1.807, 2.05) is 0 Å². The van der Waals surface area contributed by atoms with Crippen LogP contribution in [0, 0.1) is 5.82 Å². The maximum Gasteiger partial charge on any atom is 0.419 e. The van der Waals surface area contributed by atoms with Gasteiger partial charge in [0, 0.05) is 34.4 Å². The fraction of sp³-hybridized carbons (Fsp3) is 0.174. The number of nitrogens with zero attached hydrogens (tertiary/aromatic N) is 4. The maximum absolute atomic E-state index is 13.5. The van der Waals surface area contributed by atoms with E-state index < -0.39 is 29.5 Å². The molecule has 0 radical (unpaired) electrons. The molecule has 0 saturated carbocycles. The molecule has 0 atom stereocenters. The molecule has 2 aromatic heterocycles. The van der Waals surface area contributed by atoms with Crippen LogP contribution in [0.1, 0.15) is 15.9 Å². The quantitative estimate of drug-likeness (QED) is 0.196. The van der Waals surface area contributed by atoms with Gasteiger partial charge in [0.1, 0.15) is 23.8 Å². The van der Waals surface area contributed by atoms with E-state index in [0.29, 0.717) is 29.5 Å². The van der Waals surface area contributed by atoms with Crippen molar-refractivity contribution in [2.75, 3.05) is 29.2 Å². The standard InChI is InChI=1S/C23H19F4N7O3S/c24-17-6-3-13(7-16(17)23(25,26)27)20-32-22(38-34-20)33-21(37)12-1-4-14(5-2-12)30-18-8-19(29-11-28-18)31-15(9-35)10-36/h1-8,11,15,35-36H,9-10H2,(H2,28,29,30,31)(H,32,33,34,37). The molecule has 0 aliphatic rings. The maximum atomic E-state index is 13.5. The number of nitrogens with one attached hydrogen (secondary N) is 3. The number of hydrogen-bond donors (Lipinski definition) is 5. The first-order valence-electron chi connectivity index (χ1n) is 10.9. The minimum atomic E-state index is -4.87. The van der Waals surface area contributed by atoms with Crippen LogP contribution in [0.3, 0.4) is 0 Å². The summed E-state index contributed by atoms with van der Waals surface area (Å²) in [7, 11) is 0. The number of aliphatic hydroxyl groups excluding tert-OH is 2. The van der Waals surface area contributed by atoms with Gasteiger partial charge < -0.3 is 20.8 Å². The van der Waals surface area contributed by atoms with Crippen LogP contribution in [-0.2, 0) is 6.18 Å². The Balaban J connectivity index is 1.40. The first-order valence-corrected chi connectivity index (χ1v) is 11.6. The molecule has 2 heterocycles. The number of aliphatic hydroxyl groups is 2. The Labute approximate surface area is 216 Å². The van der Waals surface area contributed by atoms with Gasteiger partial charge in [0.2, 0.25) is 5.13 Å². The van der Waals surface area contributed by atoms with Crippen molar-refractivity contribution in [2.45, 2.75) is 12.2 Å². The first kappa shape index (κ1) is 26.8. The second-order valence-corrected chi connectivity index (χ2v) is 8.52. The highest BCUT2D eigenvalue weighted by atomic mass is 32.1. The fourth-order valence-corrected chi connectivity index (χ4v) is 3.74. The number of halogens is 4. The van der Waals surface area contributed by atoms with Crippen LogP contribution >= 0.6 is 11.5 Å². The third kappa shape index (κ3) is 6.56. The van der Waals surface area contributed by atoms with Gasteiger partial charge in [0.05, 0.1) is 24.8 Å². The lowest BCUT2D eigenvalue weighted by atomic mass is 10.1. The number of hydrogen-bond acceptors (Lipinski definition) is 10. The molecule has 0 aliphatic carbocycles. The normalized spacial score (nSPS) is 11.4. The van der Waals surface area contributed by atoms with E-state index in [-0.39, 0.29) is 35.3 Å².